The van der Waals surface area contributed by atoms with Crippen molar-refractivity contribution in [1.29, 1.82) is 0 Å². The van der Waals surface area contributed by atoms with Crippen molar-refractivity contribution in [2.75, 3.05) is 32.7 Å². The molecule has 2 atom stereocenters. The van der Waals surface area contributed by atoms with Crippen LogP contribution in [0.2, 0.25) is 0 Å². The smallest absolute Gasteiger partial charge is 0.260 e. The number of halogens is 1. The molecule has 2 unspecified atom stereocenters. The van der Waals surface area contributed by atoms with Crippen LogP contribution in [0.5, 0.6) is 0 Å². The Bertz CT molecular complexity index is 943. The minimum atomic E-state index is -0.545. The second-order valence-corrected chi connectivity index (χ2v) is 10.6. The monoisotopic (exact) mass is 471 g/mol. The average Bonchev–Trinajstić information content (AvgIpc) is 3.56. The summed E-state index contributed by atoms with van der Waals surface area (Å²) in [5.41, 5.74) is 0.665. The highest BCUT2D eigenvalue weighted by Crippen LogP contribution is 2.34. The summed E-state index contributed by atoms with van der Waals surface area (Å²) >= 11 is 1.17. The normalized spacial score (nSPS) is 23.3. The SMILES string of the molecule is C=C(SC(=C)c1ccc(C(=O)N2CCCC2CN2CCCC2C)c(F)c1)C(=O)N1CCCC1. The van der Waals surface area contributed by atoms with Crippen molar-refractivity contribution >= 4 is 28.5 Å². The number of amides is 2. The van der Waals surface area contributed by atoms with Crippen molar-refractivity contribution in [3.8, 4) is 0 Å². The van der Waals surface area contributed by atoms with E-state index in [0.29, 0.717) is 28.0 Å². The molecule has 1 aromatic rings. The number of benzene rings is 1. The molecule has 3 saturated heterocycles. The minimum Gasteiger partial charge on any atom is -0.338 e. The molecule has 0 N–H and O–H groups in total. The van der Waals surface area contributed by atoms with Crippen LogP contribution >= 0.6 is 11.8 Å². The Morgan fingerprint density at radius 3 is 2.45 bits per heavy atom. The van der Waals surface area contributed by atoms with E-state index in [1.807, 2.05) is 4.90 Å². The molecule has 3 fully saturated rings. The van der Waals surface area contributed by atoms with Gasteiger partial charge in [0, 0.05) is 43.2 Å². The van der Waals surface area contributed by atoms with Crippen LogP contribution < -0.4 is 0 Å². The Kier molecular flexibility index (Phi) is 7.59. The Morgan fingerprint density at radius 1 is 1.06 bits per heavy atom. The van der Waals surface area contributed by atoms with E-state index in [9.17, 15) is 9.59 Å². The van der Waals surface area contributed by atoms with Gasteiger partial charge in [-0.2, -0.15) is 0 Å². The summed E-state index contributed by atoms with van der Waals surface area (Å²) in [5, 5.41) is 0. The van der Waals surface area contributed by atoms with E-state index in [2.05, 4.69) is 25.0 Å². The largest absolute Gasteiger partial charge is 0.338 e. The summed E-state index contributed by atoms with van der Waals surface area (Å²) in [5.74, 6) is -0.866. The molecule has 5 nitrogen and oxygen atoms in total. The van der Waals surface area contributed by atoms with Crippen LogP contribution in [0.15, 0.2) is 36.3 Å². The van der Waals surface area contributed by atoms with Crippen LogP contribution in [0.25, 0.3) is 4.91 Å². The van der Waals surface area contributed by atoms with Crippen LogP contribution in [0.3, 0.4) is 0 Å². The molecule has 0 saturated carbocycles. The third-order valence-electron chi connectivity index (χ3n) is 7.17. The van der Waals surface area contributed by atoms with Crippen molar-refractivity contribution in [3.63, 3.8) is 0 Å². The van der Waals surface area contributed by atoms with Gasteiger partial charge in [-0.25, -0.2) is 4.39 Å². The first kappa shape index (κ1) is 24.0. The molecule has 2 amide bonds. The van der Waals surface area contributed by atoms with Crippen LogP contribution in [0, 0.1) is 5.82 Å². The minimum absolute atomic E-state index is 0.0849. The standard InChI is InChI=1S/C26H34FN3O2S/c1-18-8-6-14-29(18)17-22-9-7-15-30(22)26(32)23-11-10-21(16-24(23)27)19(2)33-20(3)25(31)28-12-4-5-13-28/h10-11,16,18,22H,2-9,12-15,17H2,1H3. The Balaban J connectivity index is 1.40. The highest BCUT2D eigenvalue weighted by atomic mass is 32.2. The Labute approximate surface area is 200 Å². The van der Waals surface area contributed by atoms with Crippen molar-refractivity contribution in [2.45, 2.75) is 57.5 Å². The highest BCUT2D eigenvalue weighted by molar-refractivity contribution is 8.12. The summed E-state index contributed by atoms with van der Waals surface area (Å²) in [6.45, 7) is 14.3. The van der Waals surface area contributed by atoms with Crippen molar-refractivity contribution < 1.29 is 14.0 Å². The number of likely N-dealkylation sites (tertiary alicyclic amines) is 3. The van der Waals surface area contributed by atoms with Crippen molar-refractivity contribution in [2.24, 2.45) is 0 Å². The maximum Gasteiger partial charge on any atom is 0.260 e. The highest BCUT2D eigenvalue weighted by Gasteiger charge is 2.34. The van der Waals surface area contributed by atoms with Gasteiger partial charge in [-0.05, 0) is 69.7 Å². The molecule has 3 heterocycles. The lowest BCUT2D eigenvalue weighted by atomic mass is 10.1. The maximum absolute atomic E-state index is 15.0. The average molecular weight is 472 g/mol. The lowest BCUT2D eigenvalue weighted by Crippen LogP contribution is -2.44. The van der Waals surface area contributed by atoms with Gasteiger partial charge in [0.2, 0.25) is 0 Å². The van der Waals surface area contributed by atoms with Gasteiger partial charge in [-0.1, -0.05) is 31.0 Å². The first-order valence-corrected chi connectivity index (χ1v) is 12.9. The van der Waals surface area contributed by atoms with Crippen LogP contribution in [0.1, 0.15) is 61.4 Å². The van der Waals surface area contributed by atoms with E-state index in [1.54, 1.807) is 17.0 Å². The van der Waals surface area contributed by atoms with E-state index >= 15 is 4.39 Å². The third kappa shape index (κ3) is 5.35. The summed E-state index contributed by atoms with van der Waals surface area (Å²) in [6, 6.07) is 5.31. The Hall–Kier alpha value is -2.12. The predicted octanol–water partition coefficient (Wildman–Crippen LogP) is 4.75. The molecule has 1 aromatic carbocycles. The fourth-order valence-corrected chi connectivity index (χ4v) is 5.95. The molecule has 0 aliphatic carbocycles. The summed E-state index contributed by atoms with van der Waals surface area (Å²) in [6.07, 6.45) is 6.36. The van der Waals surface area contributed by atoms with Gasteiger partial charge in [0.25, 0.3) is 11.8 Å². The fraction of sp³-hybridized carbons (Fsp3) is 0.538. The Morgan fingerprint density at radius 2 is 1.79 bits per heavy atom. The number of hydrogen-bond donors (Lipinski definition) is 0. The van der Waals surface area contributed by atoms with Crippen LogP contribution in [-0.2, 0) is 4.79 Å². The summed E-state index contributed by atoms with van der Waals surface area (Å²) in [4.78, 5) is 32.7. The van der Waals surface area contributed by atoms with E-state index in [4.69, 9.17) is 0 Å². The first-order chi connectivity index (χ1) is 15.8. The number of carbonyl (C=O) groups is 2. The molecule has 4 rings (SSSR count). The quantitative estimate of drug-likeness (QED) is 0.538. The zero-order valence-corrected chi connectivity index (χ0v) is 20.3. The van der Waals surface area contributed by atoms with E-state index in [0.717, 1.165) is 51.9 Å². The number of hydrogen-bond acceptors (Lipinski definition) is 4. The predicted molar refractivity (Wildman–Crippen MR) is 132 cm³/mol. The van der Waals surface area contributed by atoms with Gasteiger partial charge in [0.15, 0.2) is 0 Å². The van der Waals surface area contributed by atoms with Crippen molar-refractivity contribution in [3.05, 3.63) is 53.2 Å². The first-order valence-electron chi connectivity index (χ1n) is 12.0. The second-order valence-electron chi connectivity index (χ2n) is 9.42. The number of rotatable bonds is 7. The summed E-state index contributed by atoms with van der Waals surface area (Å²) in [7, 11) is 0. The fourth-order valence-electron chi connectivity index (χ4n) is 5.19. The van der Waals surface area contributed by atoms with Gasteiger partial charge < -0.3 is 9.80 Å². The number of thioether (sulfide) groups is 1. The topological polar surface area (TPSA) is 43.9 Å². The molecule has 7 heteroatoms. The van der Waals surface area contributed by atoms with E-state index in [-0.39, 0.29) is 23.4 Å². The zero-order valence-electron chi connectivity index (χ0n) is 19.5. The molecule has 3 aliphatic heterocycles. The van der Waals surface area contributed by atoms with Gasteiger partial charge in [-0.3, -0.25) is 14.5 Å². The van der Waals surface area contributed by atoms with Crippen molar-refractivity contribution in [1.82, 2.24) is 14.7 Å². The molecule has 0 aromatic heterocycles. The molecule has 0 radical (unpaired) electrons. The molecule has 0 spiro atoms. The lowest BCUT2D eigenvalue weighted by Gasteiger charge is -2.31. The molecule has 0 bridgehead atoms. The maximum atomic E-state index is 15.0. The number of nitrogens with zero attached hydrogens (tertiary/aromatic N) is 3. The van der Waals surface area contributed by atoms with Crippen LogP contribution in [-0.4, -0.2) is 71.3 Å². The molecule has 178 valence electrons. The molecule has 33 heavy (non-hydrogen) atoms. The van der Waals surface area contributed by atoms with Gasteiger partial charge in [0.1, 0.15) is 5.82 Å². The van der Waals surface area contributed by atoms with Crippen LogP contribution in [0.4, 0.5) is 4.39 Å². The molecular formula is C26H34FN3O2S. The van der Waals surface area contributed by atoms with E-state index in [1.165, 1.54) is 30.7 Å². The summed E-state index contributed by atoms with van der Waals surface area (Å²) < 4.78 is 15.0. The zero-order chi connectivity index (χ0) is 23.5. The van der Waals surface area contributed by atoms with Gasteiger partial charge in [0.05, 0.1) is 10.5 Å². The second kappa shape index (κ2) is 10.4. The molecule has 3 aliphatic rings. The number of carbonyl (C=O) groups excluding carboxylic acids is 2. The molecular weight excluding hydrogens is 437 g/mol. The third-order valence-corrected chi connectivity index (χ3v) is 8.08. The van der Waals surface area contributed by atoms with Gasteiger partial charge >= 0.3 is 0 Å². The lowest BCUT2D eigenvalue weighted by molar-refractivity contribution is -0.125. The van der Waals surface area contributed by atoms with Gasteiger partial charge in [-0.15, -0.1) is 0 Å². The van der Waals surface area contributed by atoms with E-state index < -0.39 is 5.82 Å².